The fraction of sp³-hybridized carbons (Fsp3) is 0.682. The van der Waals surface area contributed by atoms with Gasteiger partial charge in [-0.3, -0.25) is 29.2 Å². The Morgan fingerprint density at radius 2 is 1.20 bits per heavy atom. The molecule has 4 amide bonds. The van der Waals surface area contributed by atoms with E-state index in [0.29, 0.717) is 12.2 Å². The molecule has 17 nitrogen and oxygen atoms in total. The topological polar surface area (TPSA) is 323 Å². The van der Waals surface area contributed by atoms with Gasteiger partial charge < -0.3 is 55.5 Å². The number of guanidine groups is 2. The normalized spacial score (nSPS) is 13.6. The summed E-state index contributed by atoms with van der Waals surface area (Å²) in [6.45, 7) is 0.431. The summed E-state index contributed by atoms with van der Waals surface area (Å²) in [6, 6.07) is -4.57. The minimum absolute atomic E-state index is 0.0456. The highest BCUT2D eigenvalue weighted by Crippen LogP contribution is 2.07. The molecule has 0 aromatic heterocycles. The number of carbonyl (C=O) groups is 5. The number of carboxylic acids is 1. The molecule has 0 saturated heterocycles. The number of carbonyl (C=O) groups excluding carboxylic acids is 4. The number of nitrogens with one attached hydrogen (secondary N) is 3. The van der Waals surface area contributed by atoms with Gasteiger partial charge in [0.1, 0.15) is 18.1 Å². The third kappa shape index (κ3) is 16.9. The number of aliphatic carboxylic acids is 1. The number of carboxylic acid groups (broad SMARTS) is 1. The van der Waals surface area contributed by atoms with Crippen molar-refractivity contribution in [2.45, 2.75) is 69.1 Å². The fourth-order valence-corrected chi connectivity index (χ4v) is 3.77. The van der Waals surface area contributed by atoms with Crippen LogP contribution in [0.4, 0.5) is 0 Å². The minimum Gasteiger partial charge on any atom is -0.480 e. The van der Waals surface area contributed by atoms with Crippen molar-refractivity contribution in [1.29, 1.82) is 0 Å². The largest absolute Gasteiger partial charge is 0.480 e. The Labute approximate surface area is 237 Å². The van der Waals surface area contributed by atoms with Crippen molar-refractivity contribution in [3.8, 4) is 0 Å². The Morgan fingerprint density at radius 1 is 0.725 bits per heavy atom. The van der Waals surface area contributed by atoms with Crippen LogP contribution in [0.25, 0.3) is 0 Å². The highest BCUT2D eigenvalue weighted by Gasteiger charge is 2.30. The summed E-state index contributed by atoms with van der Waals surface area (Å²) in [4.78, 5) is 69.2. The van der Waals surface area contributed by atoms with Gasteiger partial charge in [0.15, 0.2) is 11.9 Å². The van der Waals surface area contributed by atoms with E-state index in [1.807, 2.05) is 6.26 Å². The van der Waals surface area contributed by atoms with Gasteiger partial charge in [-0.1, -0.05) is 0 Å². The van der Waals surface area contributed by atoms with Crippen LogP contribution in [0.3, 0.4) is 0 Å². The number of primary amides is 1. The highest BCUT2D eigenvalue weighted by molar-refractivity contribution is 7.98. The number of thioether (sulfide) groups is 1. The molecule has 0 aliphatic rings. The molecule has 0 aliphatic carbocycles. The van der Waals surface area contributed by atoms with Crippen molar-refractivity contribution in [2.24, 2.45) is 44.4 Å². The molecule has 16 N–H and O–H groups in total. The summed E-state index contributed by atoms with van der Waals surface area (Å²) >= 11 is 1.44. The first kappa shape index (κ1) is 36.2. The van der Waals surface area contributed by atoms with Crippen molar-refractivity contribution in [3.63, 3.8) is 0 Å². The standard InChI is InChI=1S/C22H43N11O6S/c1-40-11-8-14(31-17(35)12(23)4-2-9-29-21(25)26)19(37)32-13(5-3-10-30-22(27)28)18(36)33-15(20(38)39)6-7-16(24)34/h12-15H,2-11,23H2,1H3,(H2,24,34)(H,31,35)(H,32,37)(H,33,36)(H,38,39)(H4,25,26,29)(H4,27,28,30). The third-order valence-corrected chi connectivity index (χ3v) is 6.06. The summed E-state index contributed by atoms with van der Waals surface area (Å²) in [5.41, 5.74) is 32.2. The van der Waals surface area contributed by atoms with Gasteiger partial charge in [0.2, 0.25) is 23.6 Å². The van der Waals surface area contributed by atoms with Crippen LogP contribution >= 0.6 is 11.8 Å². The smallest absolute Gasteiger partial charge is 0.326 e. The fourth-order valence-electron chi connectivity index (χ4n) is 3.29. The van der Waals surface area contributed by atoms with Gasteiger partial charge >= 0.3 is 5.97 Å². The Kier molecular flexibility index (Phi) is 18.2. The third-order valence-electron chi connectivity index (χ3n) is 5.42. The molecule has 0 heterocycles. The molecule has 0 aromatic carbocycles. The Balaban J connectivity index is 5.56. The van der Waals surface area contributed by atoms with Crippen LogP contribution in [-0.2, 0) is 24.0 Å². The van der Waals surface area contributed by atoms with Crippen LogP contribution in [0.5, 0.6) is 0 Å². The van der Waals surface area contributed by atoms with Gasteiger partial charge in [0, 0.05) is 19.5 Å². The Morgan fingerprint density at radius 3 is 1.68 bits per heavy atom. The highest BCUT2D eigenvalue weighted by atomic mass is 32.2. The quantitative estimate of drug-likeness (QED) is 0.0347. The first-order valence-corrected chi connectivity index (χ1v) is 13.9. The van der Waals surface area contributed by atoms with Crippen molar-refractivity contribution in [1.82, 2.24) is 16.0 Å². The number of rotatable bonds is 21. The van der Waals surface area contributed by atoms with Crippen LogP contribution in [-0.4, -0.2) is 95.9 Å². The molecule has 0 rings (SSSR count). The van der Waals surface area contributed by atoms with Gasteiger partial charge in [-0.2, -0.15) is 11.8 Å². The second-order valence-electron chi connectivity index (χ2n) is 8.81. The van der Waals surface area contributed by atoms with E-state index in [1.165, 1.54) is 11.8 Å². The maximum atomic E-state index is 13.2. The number of hydrogen-bond acceptors (Lipinski definition) is 9. The van der Waals surface area contributed by atoms with Crippen molar-refractivity contribution in [3.05, 3.63) is 0 Å². The molecule has 0 bridgehead atoms. The van der Waals surface area contributed by atoms with Gasteiger partial charge in [-0.05, 0) is 50.5 Å². The van der Waals surface area contributed by atoms with Crippen LogP contribution in [0.2, 0.25) is 0 Å². The molecular formula is C22H43N11O6S. The summed E-state index contributed by atoms with van der Waals surface area (Å²) in [5.74, 6) is -3.88. The molecule has 0 aromatic rings. The van der Waals surface area contributed by atoms with Crippen LogP contribution in [0, 0.1) is 0 Å². The predicted octanol–water partition coefficient (Wildman–Crippen LogP) is -4.02. The second-order valence-corrected chi connectivity index (χ2v) is 9.80. The first-order valence-electron chi connectivity index (χ1n) is 12.6. The molecule has 4 unspecified atom stereocenters. The molecule has 0 radical (unpaired) electrons. The average molecular weight is 590 g/mol. The van der Waals surface area contributed by atoms with Crippen LogP contribution in [0.15, 0.2) is 9.98 Å². The molecule has 228 valence electrons. The molecular weight excluding hydrogens is 546 g/mol. The lowest BCUT2D eigenvalue weighted by Gasteiger charge is -2.25. The van der Waals surface area contributed by atoms with Crippen LogP contribution < -0.4 is 50.4 Å². The van der Waals surface area contributed by atoms with E-state index in [0.717, 1.165) is 0 Å². The monoisotopic (exact) mass is 589 g/mol. The lowest BCUT2D eigenvalue weighted by atomic mass is 10.1. The van der Waals surface area contributed by atoms with Crippen molar-refractivity contribution in [2.75, 3.05) is 25.1 Å². The first-order chi connectivity index (χ1) is 18.8. The Bertz CT molecular complexity index is 910. The number of nitrogens with two attached hydrogens (primary N) is 6. The van der Waals surface area contributed by atoms with E-state index < -0.39 is 53.8 Å². The molecule has 0 saturated carbocycles. The number of amides is 4. The maximum absolute atomic E-state index is 13.2. The SMILES string of the molecule is CSCCC(NC(=O)C(N)CCCN=C(N)N)C(=O)NC(CCCN=C(N)N)C(=O)NC(CCC(N)=O)C(=O)O. The summed E-state index contributed by atoms with van der Waals surface area (Å²) in [5, 5.41) is 16.9. The maximum Gasteiger partial charge on any atom is 0.326 e. The molecule has 40 heavy (non-hydrogen) atoms. The summed E-state index contributed by atoms with van der Waals surface area (Å²) < 4.78 is 0. The van der Waals surface area contributed by atoms with Crippen molar-refractivity contribution < 1.29 is 29.1 Å². The molecule has 0 fully saturated rings. The zero-order valence-corrected chi connectivity index (χ0v) is 23.5. The molecule has 0 aliphatic heterocycles. The molecule has 18 heteroatoms. The van der Waals surface area contributed by atoms with Gasteiger partial charge in [-0.15, -0.1) is 0 Å². The molecule has 0 spiro atoms. The minimum atomic E-state index is -1.42. The van der Waals surface area contributed by atoms with E-state index in [4.69, 9.17) is 34.4 Å². The van der Waals surface area contributed by atoms with E-state index in [9.17, 15) is 29.1 Å². The number of nitrogens with zero attached hydrogens (tertiary/aromatic N) is 2. The van der Waals surface area contributed by atoms with Gasteiger partial charge in [0.25, 0.3) is 0 Å². The number of aliphatic imine (C=N–C) groups is 2. The second kappa shape index (κ2) is 20.2. The lowest BCUT2D eigenvalue weighted by molar-refractivity contribution is -0.142. The van der Waals surface area contributed by atoms with E-state index in [2.05, 4.69) is 25.9 Å². The zero-order chi connectivity index (χ0) is 30.7. The van der Waals surface area contributed by atoms with Crippen LogP contribution in [0.1, 0.15) is 44.9 Å². The number of hydrogen-bond donors (Lipinski definition) is 10. The van der Waals surface area contributed by atoms with E-state index in [-0.39, 0.29) is 63.5 Å². The van der Waals surface area contributed by atoms with Gasteiger partial charge in [0.05, 0.1) is 6.04 Å². The summed E-state index contributed by atoms with van der Waals surface area (Å²) in [7, 11) is 0. The van der Waals surface area contributed by atoms with E-state index >= 15 is 0 Å². The average Bonchev–Trinajstić information content (AvgIpc) is 2.87. The predicted molar refractivity (Wildman–Crippen MR) is 153 cm³/mol. The lowest BCUT2D eigenvalue weighted by Crippen LogP contribution is -2.57. The van der Waals surface area contributed by atoms with E-state index in [1.54, 1.807) is 0 Å². The molecule has 4 atom stereocenters. The Hall–Kier alpha value is -3.80. The summed E-state index contributed by atoms with van der Waals surface area (Å²) in [6.07, 6.45) is 2.56. The van der Waals surface area contributed by atoms with Crippen molar-refractivity contribution >= 4 is 53.3 Å². The van der Waals surface area contributed by atoms with Gasteiger partial charge in [-0.25, -0.2) is 4.79 Å². The zero-order valence-electron chi connectivity index (χ0n) is 22.6.